The summed E-state index contributed by atoms with van der Waals surface area (Å²) in [6.07, 6.45) is 3.15. The SMILES string of the molecule is CC(=O)SCC/C=C/C1CC(=O)NCc2nc(cs2)C2=NC(C)(CS2)C(=O)NCC(=O)O1. The highest BCUT2D eigenvalue weighted by Crippen LogP contribution is 2.31. The van der Waals surface area contributed by atoms with Gasteiger partial charge in [0.2, 0.25) is 11.8 Å². The van der Waals surface area contributed by atoms with Gasteiger partial charge < -0.3 is 15.4 Å². The molecule has 0 saturated carbocycles. The number of thiazole rings is 1. The van der Waals surface area contributed by atoms with E-state index in [4.69, 9.17) is 4.74 Å². The lowest BCUT2D eigenvalue weighted by Crippen LogP contribution is -2.46. The number of allylic oxidation sites excluding steroid dienone is 1. The van der Waals surface area contributed by atoms with Crippen LogP contribution < -0.4 is 10.6 Å². The van der Waals surface area contributed by atoms with Crippen LogP contribution in [0.4, 0.5) is 0 Å². The van der Waals surface area contributed by atoms with Crippen LogP contribution in [-0.4, -0.2) is 62.6 Å². The molecule has 3 rings (SSSR count). The molecule has 0 saturated heterocycles. The fraction of sp³-hybridized carbons (Fsp3) is 0.500. The van der Waals surface area contributed by atoms with Crippen LogP contribution in [0, 0.1) is 0 Å². The molecule has 12 heteroatoms. The van der Waals surface area contributed by atoms with Crippen LogP contribution in [0.3, 0.4) is 0 Å². The van der Waals surface area contributed by atoms with Crippen LogP contribution >= 0.6 is 34.9 Å². The molecule has 2 amide bonds. The van der Waals surface area contributed by atoms with E-state index in [9.17, 15) is 19.2 Å². The standard InChI is InChI=1S/C20H24N4O5S3/c1-12(25)30-6-4-3-5-13-7-15(26)21-8-16-23-14(10-31-16)18-24-20(2,11-32-18)19(28)22-9-17(27)29-13/h3,5,10,13H,4,6-9,11H2,1-2H3,(H,21,26)(H,22,28)/b5-3+. The smallest absolute Gasteiger partial charge is 0.326 e. The number of esters is 1. The summed E-state index contributed by atoms with van der Waals surface area (Å²) in [4.78, 5) is 57.5. The second-order valence-electron chi connectivity index (χ2n) is 7.35. The molecule has 2 N–H and O–H groups in total. The molecule has 2 aliphatic rings. The molecule has 2 aliphatic heterocycles. The summed E-state index contributed by atoms with van der Waals surface area (Å²) in [6, 6.07) is 0. The van der Waals surface area contributed by atoms with E-state index in [0.29, 0.717) is 33.7 Å². The second-order valence-corrected chi connectivity index (χ2v) is 10.5. The van der Waals surface area contributed by atoms with Gasteiger partial charge in [-0.15, -0.1) is 23.1 Å². The maximum absolute atomic E-state index is 12.7. The van der Waals surface area contributed by atoms with Gasteiger partial charge in [0, 0.05) is 23.8 Å². The Bertz CT molecular complexity index is 961. The monoisotopic (exact) mass is 496 g/mol. The zero-order chi connectivity index (χ0) is 23.1. The number of hydrogen-bond acceptors (Lipinski definition) is 10. The number of nitrogens with one attached hydrogen (secondary N) is 2. The third kappa shape index (κ3) is 6.91. The normalized spacial score (nSPS) is 24.6. The minimum atomic E-state index is -0.997. The topological polar surface area (TPSA) is 127 Å². The van der Waals surface area contributed by atoms with Gasteiger partial charge in [0.15, 0.2) is 5.12 Å². The summed E-state index contributed by atoms with van der Waals surface area (Å²) in [5, 5.41) is 8.65. The maximum Gasteiger partial charge on any atom is 0.326 e. The first-order valence-electron chi connectivity index (χ1n) is 9.97. The molecule has 9 nitrogen and oxygen atoms in total. The Kier molecular flexibility index (Phi) is 8.49. The lowest BCUT2D eigenvalue weighted by atomic mass is 10.1. The summed E-state index contributed by atoms with van der Waals surface area (Å²) >= 11 is 4.04. The van der Waals surface area contributed by atoms with Gasteiger partial charge in [0.1, 0.15) is 33.9 Å². The van der Waals surface area contributed by atoms with Crippen LogP contribution in [0.1, 0.15) is 37.4 Å². The van der Waals surface area contributed by atoms with Crippen molar-refractivity contribution in [3.05, 3.63) is 28.2 Å². The highest BCUT2D eigenvalue weighted by Gasteiger charge is 2.39. The number of fused-ring (bicyclic) bond motifs is 4. The molecule has 0 aliphatic carbocycles. The molecule has 32 heavy (non-hydrogen) atoms. The van der Waals surface area contributed by atoms with E-state index >= 15 is 0 Å². The Hall–Kier alpha value is -2.18. The highest BCUT2D eigenvalue weighted by atomic mass is 32.2. The second kappa shape index (κ2) is 11.1. The van der Waals surface area contributed by atoms with Crippen molar-refractivity contribution in [2.45, 2.75) is 44.9 Å². The van der Waals surface area contributed by atoms with E-state index in [1.54, 1.807) is 19.1 Å². The Morgan fingerprint density at radius 2 is 2.16 bits per heavy atom. The lowest BCUT2D eigenvalue weighted by molar-refractivity contribution is -0.148. The number of aliphatic imine (C=N–C) groups is 1. The molecule has 172 valence electrons. The number of hydrogen-bond donors (Lipinski definition) is 2. The minimum absolute atomic E-state index is 0.0285. The summed E-state index contributed by atoms with van der Waals surface area (Å²) in [5.74, 6) is -0.271. The molecule has 3 heterocycles. The molecular formula is C20H24N4O5S3. The largest absolute Gasteiger partial charge is 0.456 e. The third-order valence-electron chi connectivity index (χ3n) is 4.54. The lowest BCUT2D eigenvalue weighted by Gasteiger charge is -2.19. The molecule has 0 radical (unpaired) electrons. The van der Waals surface area contributed by atoms with Gasteiger partial charge in [0.05, 0.1) is 13.0 Å². The van der Waals surface area contributed by atoms with Crippen molar-refractivity contribution in [1.29, 1.82) is 0 Å². The van der Waals surface area contributed by atoms with Crippen molar-refractivity contribution in [1.82, 2.24) is 15.6 Å². The summed E-state index contributed by atoms with van der Waals surface area (Å²) in [6.45, 7) is 3.14. The first-order chi connectivity index (χ1) is 15.2. The number of thioether (sulfide) groups is 2. The van der Waals surface area contributed by atoms with Gasteiger partial charge >= 0.3 is 5.97 Å². The zero-order valence-corrected chi connectivity index (χ0v) is 20.2. The van der Waals surface area contributed by atoms with Crippen LogP contribution in [-0.2, 0) is 30.5 Å². The van der Waals surface area contributed by atoms with Crippen molar-refractivity contribution in [3.63, 3.8) is 0 Å². The van der Waals surface area contributed by atoms with E-state index in [2.05, 4.69) is 20.6 Å². The van der Waals surface area contributed by atoms with Gasteiger partial charge in [-0.1, -0.05) is 17.8 Å². The summed E-state index contributed by atoms with van der Waals surface area (Å²) < 4.78 is 5.41. The maximum atomic E-state index is 12.7. The number of aromatic nitrogens is 1. The fourth-order valence-electron chi connectivity index (χ4n) is 2.89. The summed E-state index contributed by atoms with van der Waals surface area (Å²) in [5.41, 5.74) is -0.320. The first-order valence-corrected chi connectivity index (χ1v) is 12.8. The average molecular weight is 497 g/mol. The van der Waals surface area contributed by atoms with Gasteiger partial charge in [-0.3, -0.25) is 24.2 Å². The van der Waals surface area contributed by atoms with Crippen molar-refractivity contribution >= 4 is 62.8 Å². The minimum Gasteiger partial charge on any atom is -0.456 e. The number of carbonyl (C=O) groups excluding carboxylic acids is 4. The molecule has 2 atom stereocenters. The molecular weight excluding hydrogens is 472 g/mol. The predicted molar refractivity (Wildman–Crippen MR) is 126 cm³/mol. The van der Waals surface area contributed by atoms with E-state index in [1.165, 1.54) is 41.8 Å². The average Bonchev–Trinajstić information content (AvgIpc) is 3.36. The van der Waals surface area contributed by atoms with E-state index < -0.39 is 17.6 Å². The summed E-state index contributed by atoms with van der Waals surface area (Å²) in [7, 11) is 0. The number of nitrogens with zero attached hydrogens (tertiary/aromatic N) is 2. The third-order valence-corrected chi connectivity index (χ3v) is 7.51. The van der Waals surface area contributed by atoms with Crippen molar-refractivity contribution in [2.24, 2.45) is 4.99 Å². The zero-order valence-electron chi connectivity index (χ0n) is 17.7. The fourth-order valence-corrected chi connectivity index (χ4v) is 5.35. The molecule has 0 aromatic carbocycles. The van der Waals surface area contributed by atoms with Crippen molar-refractivity contribution < 1.29 is 23.9 Å². The Morgan fingerprint density at radius 3 is 2.94 bits per heavy atom. The molecule has 0 spiro atoms. The number of carbonyl (C=O) groups is 4. The van der Waals surface area contributed by atoms with Crippen LogP contribution in [0.5, 0.6) is 0 Å². The van der Waals surface area contributed by atoms with Crippen molar-refractivity contribution in [3.8, 4) is 0 Å². The number of cyclic esters (lactones) is 1. The van der Waals surface area contributed by atoms with Gasteiger partial charge in [-0.05, 0) is 19.4 Å². The Labute approximate surface area is 198 Å². The van der Waals surface area contributed by atoms with Crippen LogP contribution in [0.15, 0.2) is 22.5 Å². The number of amides is 2. The number of ether oxygens (including phenoxy) is 1. The van der Waals surface area contributed by atoms with E-state index in [0.717, 1.165) is 0 Å². The van der Waals surface area contributed by atoms with Gasteiger partial charge in [-0.2, -0.15) is 0 Å². The number of rotatable bonds is 4. The Morgan fingerprint density at radius 1 is 1.34 bits per heavy atom. The molecule has 1 aromatic heterocycles. The van der Waals surface area contributed by atoms with Gasteiger partial charge in [-0.25, -0.2) is 4.98 Å². The Balaban J connectivity index is 1.73. The van der Waals surface area contributed by atoms with E-state index in [-0.39, 0.29) is 36.4 Å². The highest BCUT2D eigenvalue weighted by molar-refractivity contribution is 8.14. The predicted octanol–water partition coefficient (Wildman–Crippen LogP) is 1.67. The van der Waals surface area contributed by atoms with Crippen LogP contribution in [0.2, 0.25) is 0 Å². The molecule has 4 bridgehead atoms. The first kappa shape index (κ1) is 24.5. The van der Waals surface area contributed by atoms with E-state index in [1.807, 2.05) is 5.38 Å². The van der Waals surface area contributed by atoms with Crippen LogP contribution in [0.25, 0.3) is 0 Å². The molecule has 2 unspecified atom stereocenters. The molecule has 1 aromatic rings. The molecule has 0 fully saturated rings. The van der Waals surface area contributed by atoms with Gasteiger partial charge in [0.25, 0.3) is 0 Å². The van der Waals surface area contributed by atoms with Crippen molar-refractivity contribution in [2.75, 3.05) is 18.1 Å². The quantitative estimate of drug-likeness (QED) is 0.366.